The molecule has 10 nitrogen and oxygen atoms in total. The molecule has 37 heavy (non-hydrogen) atoms. The smallest absolute Gasteiger partial charge is 0.408 e. The van der Waals surface area contributed by atoms with Crippen LogP contribution in [0, 0.1) is 11.8 Å². The second kappa shape index (κ2) is 14.6. The molecule has 0 heterocycles. The van der Waals surface area contributed by atoms with E-state index in [1.54, 1.807) is 46.8 Å². The van der Waals surface area contributed by atoms with Crippen molar-refractivity contribution in [3.8, 4) is 0 Å². The summed E-state index contributed by atoms with van der Waals surface area (Å²) in [5.41, 5.74) is 0.0372. The van der Waals surface area contributed by atoms with Gasteiger partial charge in [-0.1, -0.05) is 58.0 Å². The average Bonchev–Trinajstić information content (AvgIpc) is 2.77. The van der Waals surface area contributed by atoms with E-state index < -0.39 is 53.7 Å². The molecule has 4 atom stereocenters. The third-order valence-corrected chi connectivity index (χ3v) is 5.21. The molecule has 3 amide bonds. The topological polar surface area (TPSA) is 143 Å². The highest BCUT2D eigenvalue weighted by Crippen LogP contribution is 2.14. The lowest BCUT2D eigenvalue weighted by atomic mass is 10.0. The van der Waals surface area contributed by atoms with E-state index in [9.17, 15) is 24.3 Å². The second-order valence-corrected chi connectivity index (χ2v) is 10.9. The maximum absolute atomic E-state index is 13.1. The monoisotopic (exact) mass is 521 g/mol. The fourth-order valence-corrected chi connectivity index (χ4v) is 3.39. The molecule has 1 rings (SSSR count). The first kappa shape index (κ1) is 31.9. The zero-order valence-electron chi connectivity index (χ0n) is 23.2. The van der Waals surface area contributed by atoms with Crippen molar-refractivity contribution in [3.63, 3.8) is 0 Å². The van der Waals surface area contributed by atoms with Crippen molar-refractivity contribution >= 4 is 23.9 Å². The Morgan fingerprint density at radius 1 is 0.865 bits per heavy atom. The first-order valence-electron chi connectivity index (χ1n) is 12.6. The van der Waals surface area contributed by atoms with Crippen LogP contribution < -0.4 is 16.0 Å². The minimum Gasteiger partial charge on any atom is -0.458 e. The summed E-state index contributed by atoms with van der Waals surface area (Å²) in [6.07, 6.45) is -1.76. The van der Waals surface area contributed by atoms with Gasteiger partial charge in [0, 0.05) is 0 Å². The molecule has 4 N–H and O–H groups in total. The van der Waals surface area contributed by atoms with Gasteiger partial charge in [-0.15, -0.1) is 0 Å². The van der Waals surface area contributed by atoms with Crippen molar-refractivity contribution in [3.05, 3.63) is 35.9 Å². The minimum atomic E-state index is -1.37. The second-order valence-electron chi connectivity index (χ2n) is 10.9. The Morgan fingerprint density at radius 3 is 1.92 bits per heavy atom. The van der Waals surface area contributed by atoms with E-state index in [0.29, 0.717) is 6.42 Å². The fourth-order valence-electron chi connectivity index (χ4n) is 3.39. The lowest BCUT2D eigenvalue weighted by molar-refractivity contribution is -0.159. The number of carbonyl (C=O) groups is 4. The van der Waals surface area contributed by atoms with Gasteiger partial charge in [-0.2, -0.15) is 0 Å². The highest BCUT2D eigenvalue weighted by atomic mass is 16.6. The van der Waals surface area contributed by atoms with Crippen molar-refractivity contribution in [1.82, 2.24) is 16.0 Å². The van der Waals surface area contributed by atoms with E-state index in [0.717, 1.165) is 5.56 Å². The number of ether oxygens (including phenoxy) is 2. The predicted octanol–water partition coefficient (Wildman–Crippen LogP) is 2.68. The number of esters is 1. The molecule has 0 radical (unpaired) electrons. The molecule has 0 spiro atoms. The zero-order chi connectivity index (χ0) is 28.3. The molecule has 1 aromatic rings. The third-order valence-electron chi connectivity index (χ3n) is 5.21. The number of nitrogens with one attached hydrogen (secondary N) is 3. The van der Waals surface area contributed by atoms with Crippen molar-refractivity contribution in [2.75, 3.05) is 0 Å². The number of aliphatic hydroxyl groups excluding tert-OH is 1. The van der Waals surface area contributed by atoms with Crippen LogP contribution in [0.1, 0.15) is 67.4 Å². The Morgan fingerprint density at radius 2 is 1.43 bits per heavy atom. The van der Waals surface area contributed by atoms with E-state index in [-0.39, 0.29) is 18.4 Å². The van der Waals surface area contributed by atoms with Crippen LogP contribution in [0.15, 0.2) is 30.3 Å². The van der Waals surface area contributed by atoms with Gasteiger partial charge in [0.1, 0.15) is 30.3 Å². The van der Waals surface area contributed by atoms with Crippen LogP contribution in [0.25, 0.3) is 0 Å². The van der Waals surface area contributed by atoms with Gasteiger partial charge in [-0.25, -0.2) is 9.59 Å². The van der Waals surface area contributed by atoms with Gasteiger partial charge in [-0.05, 0) is 51.5 Å². The van der Waals surface area contributed by atoms with Crippen LogP contribution in [0.5, 0.6) is 0 Å². The number of alkyl carbamates (subject to hydrolysis) is 1. The van der Waals surface area contributed by atoms with E-state index in [4.69, 9.17) is 9.47 Å². The fraction of sp³-hybridized carbons (Fsp3) is 0.630. The summed E-state index contributed by atoms with van der Waals surface area (Å²) < 4.78 is 10.6. The number of benzene rings is 1. The van der Waals surface area contributed by atoms with Gasteiger partial charge >= 0.3 is 12.1 Å². The first-order chi connectivity index (χ1) is 17.1. The lowest BCUT2D eigenvalue weighted by Gasteiger charge is -2.29. The van der Waals surface area contributed by atoms with Crippen LogP contribution in [-0.2, 0) is 30.5 Å². The summed E-state index contributed by atoms with van der Waals surface area (Å²) in [7, 11) is 0. The number of hydrogen-bond acceptors (Lipinski definition) is 7. The summed E-state index contributed by atoms with van der Waals surface area (Å²) in [5, 5.41) is 17.9. The Bertz CT molecular complexity index is 895. The Kier molecular flexibility index (Phi) is 12.6. The lowest BCUT2D eigenvalue weighted by Crippen LogP contribution is -2.60. The molecule has 0 aliphatic heterocycles. The molecule has 10 heteroatoms. The van der Waals surface area contributed by atoms with Crippen molar-refractivity contribution in [2.24, 2.45) is 11.8 Å². The molecule has 0 saturated carbocycles. The quantitative estimate of drug-likeness (QED) is 0.310. The molecule has 0 unspecified atom stereocenters. The molecule has 208 valence electrons. The van der Waals surface area contributed by atoms with Crippen LogP contribution >= 0.6 is 0 Å². The molecular weight excluding hydrogens is 478 g/mol. The molecule has 0 fully saturated rings. The molecule has 0 saturated heterocycles. The number of carbonyl (C=O) groups excluding carboxylic acids is 4. The summed E-state index contributed by atoms with van der Waals surface area (Å²) in [5.74, 6) is -2.31. The molecule has 0 aromatic heterocycles. The average molecular weight is 522 g/mol. The summed E-state index contributed by atoms with van der Waals surface area (Å²) in [4.78, 5) is 51.1. The van der Waals surface area contributed by atoms with Crippen LogP contribution in [0.2, 0.25) is 0 Å². The highest BCUT2D eigenvalue weighted by molar-refractivity contribution is 5.93. The van der Waals surface area contributed by atoms with Gasteiger partial charge in [-0.3, -0.25) is 9.59 Å². The van der Waals surface area contributed by atoms with Crippen LogP contribution in [-0.4, -0.2) is 58.8 Å². The maximum atomic E-state index is 13.1. The molecular formula is C27H43N3O7. The largest absolute Gasteiger partial charge is 0.458 e. The minimum absolute atomic E-state index is 0.0275. The Labute approximate surface area is 219 Å². The third kappa shape index (κ3) is 12.1. The van der Waals surface area contributed by atoms with Crippen molar-refractivity contribution in [1.29, 1.82) is 0 Å². The highest BCUT2D eigenvalue weighted by Gasteiger charge is 2.34. The maximum Gasteiger partial charge on any atom is 0.408 e. The zero-order valence-corrected chi connectivity index (χ0v) is 23.2. The standard InChI is InChI=1S/C27H43N3O7/c1-16(2)14-20(25(34)37-27(6,7)8)28-24(33)22(18(5)31)29-23(32)21(17(3)4)30-26(35)36-15-19-12-10-9-11-13-19/h9-13,16-18,20-22,31H,14-15H2,1-8H3,(H,28,33)(H,29,32)(H,30,35)/t18-,20+,21+,22+/m1/s1. The van der Waals surface area contributed by atoms with Gasteiger partial charge < -0.3 is 30.5 Å². The molecule has 0 bridgehead atoms. The Hall–Kier alpha value is -3.14. The number of aliphatic hydroxyl groups is 1. The first-order valence-corrected chi connectivity index (χ1v) is 12.6. The number of rotatable bonds is 12. The molecule has 1 aromatic carbocycles. The summed E-state index contributed by atoms with van der Waals surface area (Å²) >= 11 is 0. The van der Waals surface area contributed by atoms with Crippen LogP contribution in [0.4, 0.5) is 4.79 Å². The van der Waals surface area contributed by atoms with Gasteiger partial charge in [0.05, 0.1) is 6.10 Å². The normalized spacial score (nSPS) is 14.8. The Balaban J connectivity index is 2.90. The number of amides is 3. The van der Waals surface area contributed by atoms with E-state index in [1.807, 2.05) is 32.0 Å². The van der Waals surface area contributed by atoms with Gasteiger partial charge in [0.15, 0.2) is 0 Å². The van der Waals surface area contributed by atoms with E-state index >= 15 is 0 Å². The van der Waals surface area contributed by atoms with Crippen molar-refractivity contribution in [2.45, 2.75) is 98.2 Å². The molecule has 0 aliphatic rings. The SMILES string of the molecule is CC(C)C[C@H](NC(=O)[C@@H](NC(=O)[C@@H](NC(=O)OCc1ccccc1)C(C)C)[C@@H](C)O)C(=O)OC(C)(C)C. The van der Waals surface area contributed by atoms with E-state index in [2.05, 4.69) is 16.0 Å². The van der Waals surface area contributed by atoms with Gasteiger partial charge in [0.25, 0.3) is 0 Å². The molecule has 0 aliphatic carbocycles. The van der Waals surface area contributed by atoms with Crippen molar-refractivity contribution < 1.29 is 33.8 Å². The number of hydrogen-bond donors (Lipinski definition) is 4. The summed E-state index contributed by atoms with van der Waals surface area (Å²) in [6, 6.07) is 5.72. The summed E-state index contributed by atoms with van der Waals surface area (Å²) in [6.45, 7) is 13.8. The van der Waals surface area contributed by atoms with Crippen LogP contribution in [0.3, 0.4) is 0 Å². The predicted molar refractivity (Wildman–Crippen MR) is 139 cm³/mol. The van der Waals surface area contributed by atoms with E-state index in [1.165, 1.54) is 6.92 Å². The van der Waals surface area contributed by atoms with Gasteiger partial charge in [0.2, 0.25) is 11.8 Å².